The maximum Gasteiger partial charge on any atom is 0.335 e. The van der Waals surface area contributed by atoms with Crippen molar-refractivity contribution < 1.29 is 23.9 Å². The summed E-state index contributed by atoms with van der Waals surface area (Å²) in [5.74, 6) is -0.509. The highest BCUT2D eigenvalue weighted by Crippen LogP contribution is 2.32. The van der Waals surface area contributed by atoms with Crippen molar-refractivity contribution in [2.24, 2.45) is 0 Å². The summed E-state index contributed by atoms with van der Waals surface area (Å²) in [4.78, 5) is 40.0. The average Bonchev–Trinajstić information content (AvgIpc) is 2.92. The van der Waals surface area contributed by atoms with E-state index in [2.05, 4.69) is 39.4 Å². The molecule has 1 aliphatic heterocycles. The molecule has 0 aromatic heterocycles. The van der Waals surface area contributed by atoms with Crippen LogP contribution < -0.4 is 19.7 Å². The predicted molar refractivity (Wildman–Crippen MR) is 154 cm³/mol. The zero-order valence-corrected chi connectivity index (χ0v) is 23.2. The molecule has 0 radical (unpaired) electrons. The Bertz CT molecular complexity index is 1680. The molecule has 1 fully saturated rings. The second-order valence-corrected chi connectivity index (χ2v) is 10.1. The van der Waals surface area contributed by atoms with Gasteiger partial charge < -0.3 is 9.47 Å². The van der Waals surface area contributed by atoms with Crippen molar-refractivity contribution in [3.8, 4) is 11.5 Å². The number of ether oxygens (including phenoxy) is 2. The number of carbonyl (C=O) groups is 3. The molecule has 0 aliphatic carbocycles. The van der Waals surface area contributed by atoms with E-state index in [-0.39, 0.29) is 12.2 Å². The molecular weight excluding hydrogens is 560 g/mol. The number of methoxy groups -OCH3 is 1. The molecule has 8 heteroatoms. The van der Waals surface area contributed by atoms with Crippen LogP contribution in [0.5, 0.6) is 11.5 Å². The standard InChI is InChI=1S/C31H25BrN2O5/c1-18-8-9-20-6-4-5-7-24(20)26(18)17-39-28-16-23(38-3)12-10-21(28)15-25-29(35)33-31(37)34(30(25)36)27-13-11-22(32)14-19(27)2/h4-16H,17H2,1-3H3,(H,33,35,37)/b25-15-. The Labute approximate surface area is 234 Å². The number of anilines is 1. The molecule has 1 saturated heterocycles. The topological polar surface area (TPSA) is 84.9 Å². The molecule has 1 aliphatic rings. The first-order valence-electron chi connectivity index (χ1n) is 12.2. The third kappa shape index (κ3) is 5.15. The van der Waals surface area contributed by atoms with Gasteiger partial charge in [0.2, 0.25) is 0 Å². The highest BCUT2D eigenvalue weighted by atomic mass is 79.9. The maximum absolute atomic E-state index is 13.5. The molecule has 7 nitrogen and oxygen atoms in total. The van der Waals surface area contributed by atoms with Gasteiger partial charge in [0.05, 0.1) is 12.8 Å². The molecule has 0 atom stereocenters. The average molecular weight is 585 g/mol. The molecule has 4 amide bonds. The van der Waals surface area contributed by atoms with Crippen LogP contribution in [0.1, 0.15) is 22.3 Å². The molecule has 0 bridgehead atoms. The molecule has 39 heavy (non-hydrogen) atoms. The van der Waals surface area contributed by atoms with Crippen molar-refractivity contribution in [1.82, 2.24) is 5.32 Å². The van der Waals surface area contributed by atoms with Crippen LogP contribution in [0.15, 0.2) is 82.8 Å². The van der Waals surface area contributed by atoms with Gasteiger partial charge in [0.25, 0.3) is 11.8 Å². The van der Waals surface area contributed by atoms with E-state index in [1.807, 2.05) is 25.1 Å². The Morgan fingerprint density at radius 1 is 0.923 bits per heavy atom. The van der Waals surface area contributed by atoms with Crippen molar-refractivity contribution in [2.75, 3.05) is 12.0 Å². The Balaban J connectivity index is 1.52. The highest BCUT2D eigenvalue weighted by molar-refractivity contribution is 9.10. The summed E-state index contributed by atoms with van der Waals surface area (Å²) >= 11 is 3.39. The smallest absolute Gasteiger partial charge is 0.335 e. The fourth-order valence-electron chi connectivity index (χ4n) is 4.57. The van der Waals surface area contributed by atoms with Crippen LogP contribution in [0.3, 0.4) is 0 Å². The number of rotatable bonds is 6. The van der Waals surface area contributed by atoms with Crippen LogP contribution in [0.2, 0.25) is 0 Å². The number of imide groups is 2. The number of nitrogens with zero attached hydrogens (tertiary/aromatic N) is 1. The zero-order valence-electron chi connectivity index (χ0n) is 21.6. The number of fused-ring (bicyclic) bond motifs is 1. The van der Waals surface area contributed by atoms with Crippen molar-refractivity contribution in [3.63, 3.8) is 0 Å². The predicted octanol–water partition coefficient (Wildman–Crippen LogP) is 6.47. The van der Waals surface area contributed by atoms with Crippen molar-refractivity contribution in [3.05, 3.63) is 105 Å². The van der Waals surface area contributed by atoms with E-state index < -0.39 is 17.8 Å². The third-order valence-electron chi connectivity index (χ3n) is 6.67. The number of benzene rings is 4. The van der Waals surface area contributed by atoms with E-state index in [0.29, 0.717) is 28.3 Å². The number of nitrogens with one attached hydrogen (secondary N) is 1. The number of barbiturate groups is 1. The van der Waals surface area contributed by atoms with Gasteiger partial charge in [0, 0.05) is 21.7 Å². The van der Waals surface area contributed by atoms with E-state index in [1.54, 1.807) is 50.4 Å². The molecule has 0 spiro atoms. The number of urea groups is 1. The van der Waals surface area contributed by atoms with Gasteiger partial charge in [-0.2, -0.15) is 0 Å². The first-order chi connectivity index (χ1) is 18.8. The van der Waals surface area contributed by atoms with E-state index in [1.165, 1.54) is 6.08 Å². The summed E-state index contributed by atoms with van der Waals surface area (Å²) in [6.07, 6.45) is 1.44. The van der Waals surface area contributed by atoms with E-state index >= 15 is 0 Å². The molecule has 1 N–H and O–H groups in total. The zero-order chi connectivity index (χ0) is 27.7. The molecule has 4 aromatic rings. The Morgan fingerprint density at radius 3 is 2.49 bits per heavy atom. The van der Waals surface area contributed by atoms with Gasteiger partial charge in [-0.25, -0.2) is 9.69 Å². The van der Waals surface area contributed by atoms with Gasteiger partial charge in [-0.1, -0.05) is 52.3 Å². The van der Waals surface area contributed by atoms with Crippen molar-refractivity contribution in [1.29, 1.82) is 0 Å². The van der Waals surface area contributed by atoms with Gasteiger partial charge in [-0.3, -0.25) is 14.9 Å². The minimum absolute atomic E-state index is 0.187. The van der Waals surface area contributed by atoms with E-state index in [9.17, 15) is 14.4 Å². The maximum atomic E-state index is 13.5. The minimum Gasteiger partial charge on any atom is -0.497 e. The van der Waals surface area contributed by atoms with Crippen LogP contribution in [0, 0.1) is 13.8 Å². The lowest BCUT2D eigenvalue weighted by molar-refractivity contribution is -0.122. The monoisotopic (exact) mass is 584 g/mol. The Kier molecular flexibility index (Phi) is 7.21. The van der Waals surface area contributed by atoms with Crippen LogP contribution >= 0.6 is 15.9 Å². The lowest BCUT2D eigenvalue weighted by Crippen LogP contribution is -2.54. The first-order valence-corrected chi connectivity index (χ1v) is 13.0. The molecule has 5 rings (SSSR count). The van der Waals surface area contributed by atoms with Crippen LogP contribution in [0.4, 0.5) is 10.5 Å². The highest BCUT2D eigenvalue weighted by Gasteiger charge is 2.37. The molecular formula is C31H25BrN2O5. The quantitative estimate of drug-likeness (QED) is 0.207. The number of hydrogen-bond acceptors (Lipinski definition) is 5. The third-order valence-corrected chi connectivity index (χ3v) is 7.16. The summed E-state index contributed by atoms with van der Waals surface area (Å²) in [7, 11) is 1.55. The summed E-state index contributed by atoms with van der Waals surface area (Å²) in [6, 6.07) is 21.7. The second kappa shape index (κ2) is 10.7. The minimum atomic E-state index is -0.801. The fraction of sp³-hybridized carbons (Fsp3) is 0.129. The fourth-order valence-corrected chi connectivity index (χ4v) is 5.05. The summed E-state index contributed by atoms with van der Waals surface area (Å²) in [6.45, 7) is 4.07. The van der Waals surface area contributed by atoms with E-state index in [0.717, 1.165) is 31.3 Å². The van der Waals surface area contributed by atoms with Crippen molar-refractivity contribution in [2.45, 2.75) is 20.5 Å². The van der Waals surface area contributed by atoms with Gasteiger partial charge in [0.1, 0.15) is 23.7 Å². The van der Waals surface area contributed by atoms with Crippen molar-refractivity contribution >= 4 is 56.3 Å². The molecule has 196 valence electrons. The lowest BCUT2D eigenvalue weighted by Gasteiger charge is -2.27. The normalized spacial score (nSPS) is 14.6. The van der Waals surface area contributed by atoms with E-state index in [4.69, 9.17) is 9.47 Å². The second-order valence-electron chi connectivity index (χ2n) is 9.16. The lowest BCUT2D eigenvalue weighted by atomic mass is 10.0. The number of halogens is 1. The molecule has 1 heterocycles. The largest absolute Gasteiger partial charge is 0.497 e. The van der Waals surface area contributed by atoms with Gasteiger partial charge in [-0.05, 0) is 72.2 Å². The Hall–Kier alpha value is -4.43. The number of carbonyl (C=O) groups excluding carboxylic acids is 3. The van der Waals surface area contributed by atoms with Gasteiger partial charge >= 0.3 is 6.03 Å². The number of amides is 4. The summed E-state index contributed by atoms with van der Waals surface area (Å²) in [5, 5.41) is 4.47. The van der Waals surface area contributed by atoms with Crippen LogP contribution in [-0.4, -0.2) is 25.0 Å². The number of aryl methyl sites for hydroxylation is 2. The summed E-state index contributed by atoms with van der Waals surface area (Å²) < 4.78 is 12.5. The van der Waals surface area contributed by atoms with Crippen LogP contribution in [0.25, 0.3) is 16.8 Å². The van der Waals surface area contributed by atoms with Gasteiger partial charge in [-0.15, -0.1) is 0 Å². The Morgan fingerprint density at radius 2 is 1.72 bits per heavy atom. The van der Waals surface area contributed by atoms with Crippen LogP contribution in [-0.2, 0) is 16.2 Å². The molecule has 0 saturated carbocycles. The van der Waals surface area contributed by atoms with Gasteiger partial charge in [0.15, 0.2) is 0 Å². The summed E-state index contributed by atoms with van der Waals surface area (Å²) in [5.41, 5.74) is 3.50. The number of hydrogen-bond donors (Lipinski definition) is 1. The molecule has 0 unspecified atom stereocenters. The molecule has 4 aromatic carbocycles. The SMILES string of the molecule is COc1ccc(/C=C2/C(=O)NC(=O)N(c3ccc(Br)cc3C)C2=O)c(OCc2c(C)ccc3ccccc23)c1. The first kappa shape index (κ1) is 26.2.